The number of hydrogen-bond donors (Lipinski definition) is 1. The minimum Gasteiger partial charge on any atom is -0.469 e. The Morgan fingerprint density at radius 1 is 1.09 bits per heavy atom. The second-order valence-corrected chi connectivity index (χ2v) is 7.71. The third-order valence-electron chi connectivity index (χ3n) is 5.14. The molecule has 1 N–H and O–H groups in total. The molecule has 5 nitrogen and oxygen atoms in total. The number of hydrogen-bond acceptors (Lipinski definition) is 5. The van der Waals surface area contributed by atoms with E-state index in [0.717, 1.165) is 12.8 Å². The highest BCUT2D eigenvalue weighted by molar-refractivity contribution is 5.85. The second kappa shape index (κ2) is 4.82. The summed E-state index contributed by atoms with van der Waals surface area (Å²) in [5.74, 6) is -2.71. The first-order valence-electron chi connectivity index (χ1n) is 7.91. The molecule has 5 atom stereocenters. The van der Waals surface area contributed by atoms with Crippen LogP contribution in [-0.2, 0) is 19.1 Å². The lowest BCUT2D eigenvalue weighted by atomic mass is 9.83. The van der Waals surface area contributed by atoms with Crippen LogP contribution in [0.25, 0.3) is 0 Å². The van der Waals surface area contributed by atoms with Crippen molar-refractivity contribution in [2.75, 3.05) is 7.11 Å². The Balaban J connectivity index is 1.94. The van der Waals surface area contributed by atoms with Gasteiger partial charge in [-0.15, -0.1) is 0 Å². The molecule has 3 aliphatic carbocycles. The highest BCUT2D eigenvalue weighted by atomic mass is 16.6. The molecule has 0 aromatic rings. The van der Waals surface area contributed by atoms with Gasteiger partial charge in [-0.1, -0.05) is 12.2 Å². The summed E-state index contributed by atoms with van der Waals surface area (Å²) in [6, 6.07) is 0. The maximum Gasteiger partial charge on any atom is 0.311 e. The van der Waals surface area contributed by atoms with Crippen LogP contribution in [0, 0.1) is 29.6 Å². The predicted molar refractivity (Wildman–Crippen MR) is 78.6 cm³/mol. The van der Waals surface area contributed by atoms with Crippen LogP contribution in [0.1, 0.15) is 33.6 Å². The van der Waals surface area contributed by atoms with E-state index in [-0.39, 0.29) is 17.8 Å². The third kappa shape index (κ3) is 2.18. The van der Waals surface area contributed by atoms with Crippen molar-refractivity contribution in [2.24, 2.45) is 29.6 Å². The molecular weight excluding hydrogens is 284 g/mol. The largest absolute Gasteiger partial charge is 0.469 e. The molecule has 0 heterocycles. The third-order valence-corrected chi connectivity index (χ3v) is 5.14. The van der Waals surface area contributed by atoms with E-state index in [1.807, 2.05) is 12.2 Å². The van der Waals surface area contributed by atoms with Crippen molar-refractivity contribution in [1.29, 1.82) is 0 Å². The molecule has 0 spiro atoms. The van der Waals surface area contributed by atoms with Crippen molar-refractivity contribution in [1.82, 2.24) is 0 Å². The summed E-state index contributed by atoms with van der Waals surface area (Å²) in [7, 11) is 1.32. The molecule has 0 unspecified atom stereocenters. The molecule has 3 rings (SSSR count). The zero-order valence-corrected chi connectivity index (χ0v) is 13.5. The first-order valence-corrected chi connectivity index (χ1v) is 7.91. The fourth-order valence-corrected chi connectivity index (χ4v) is 4.21. The minimum absolute atomic E-state index is 0.164. The standard InChI is InChI=1S/C17H24O5/c1-16(2,3)22-15(19)13-11-8-7-10(12(13)14(18)21-4)17(11,20)9-5-6-9/h7-13,20H,5-6H2,1-4H3/t10-,11+,12+,13+,17+/m0/s1. The van der Waals surface area contributed by atoms with Crippen molar-refractivity contribution in [2.45, 2.75) is 44.8 Å². The molecule has 3 aliphatic rings. The molecule has 0 aromatic heterocycles. The topological polar surface area (TPSA) is 72.8 Å². The Morgan fingerprint density at radius 3 is 2.00 bits per heavy atom. The summed E-state index contributed by atoms with van der Waals surface area (Å²) in [5.41, 5.74) is -1.62. The van der Waals surface area contributed by atoms with Crippen LogP contribution in [0.15, 0.2) is 12.2 Å². The van der Waals surface area contributed by atoms with Gasteiger partial charge in [0.05, 0.1) is 24.5 Å². The SMILES string of the molecule is COC(=O)[C@H]1[C@H](C(=O)OC(C)(C)C)[C@H]2C=C[C@@H]1[C@]2(O)C1CC1. The monoisotopic (exact) mass is 308 g/mol. The molecule has 0 aromatic carbocycles. The van der Waals surface area contributed by atoms with Gasteiger partial charge in [0.2, 0.25) is 0 Å². The lowest BCUT2D eigenvalue weighted by molar-refractivity contribution is -0.168. The quantitative estimate of drug-likeness (QED) is 0.634. The van der Waals surface area contributed by atoms with Crippen LogP contribution in [0.5, 0.6) is 0 Å². The Kier molecular flexibility index (Phi) is 3.40. The Morgan fingerprint density at radius 2 is 1.59 bits per heavy atom. The lowest BCUT2D eigenvalue weighted by Gasteiger charge is -2.30. The number of fused-ring (bicyclic) bond motifs is 2. The Bertz CT molecular complexity index is 528. The molecule has 2 bridgehead atoms. The fraction of sp³-hybridized carbons (Fsp3) is 0.765. The van der Waals surface area contributed by atoms with Crippen LogP contribution in [0.2, 0.25) is 0 Å². The van der Waals surface area contributed by atoms with Gasteiger partial charge in [0.25, 0.3) is 0 Å². The summed E-state index contributed by atoms with van der Waals surface area (Å²) in [5, 5.41) is 11.2. The summed E-state index contributed by atoms with van der Waals surface area (Å²) in [6.07, 6.45) is 5.66. The Hall–Kier alpha value is -1.36. The van der Waals surface area contributed by atoms with Gasteiger partial charge in [-0.3, -0.25) is 9.59 Å². The molecule has 0 saturated heterocycles. The number of ether oxygens (including phenoxy) is 2. The summed E-state index contributed by atoms with van der Waals surface area (Å²) in [4.78, 5) is 24.9. The molecule has 22 heavy (non-hydrogen) atoms. The van der Waals surface area contributed by atoms with E-state index in [0.29, 0.717) is 0 Å². The number of rotatable bonds is 3. The zero-order valence-electron chi connectivity index (χ0n) is 13.5. The summed E-state index contributed by atoms with van der Waals surface area (Å²) in [6.45, 7) is 5.40. The first-order chi connectivity index (χ1) is 10.2. The number of carbonyl (C=O) groups excluding carboxylic acids is 2. The maximum absolute atomic E-state index is 12.6. The summed E-state index contributed by atoms with van der Waals surface area (Å²) >= 11 is 0. The zero-order chi connectivity index (χ0) is 16.3. The normalized spacial score (nSPS) is 39.9. The number of methoxy groups -OCH3 is 1. The van der Waals surface area contributed by atoms with Gasteiger partial charge >= 0.3 is 11.9 Å². The van der Waals surface area contributed by atoms with Crippen LogP contribution < -0.4 is 0 Å². The number of esters is 2. The molecule has 0 amide bonds. The average Bonchev–Trinajstić information content (AvgIpc) is 3.19. The van der Waals surface area contributed by atoms with Crippen molar-refractivity contribution >= 4 is 11.9 Å². The van der Waals surface area contributed by atoms with E-state index in [9.17, 15) is 14.7 Å². The van der Waals surface area contributed by atoms with Gasteiger partial charge in [0.15, 0.2) is 0 Å². The highest BCUT2D eigenvalue weighted by Gasteiger charge is 2.69. The number of aliphatic hydroxyl groups is 1. The molecule has 5 heteroatoms. The van der Waals surface area contributed by atoms with Gasteiger partial charge in [-0.05, 0) is 39.5 Å². The van der Waals surface area contributed by atoms with E-state index in [4.69, 9.17) is 9.47 Å². The van der Waals surface area contributed by atoms with Gasteiger partial charge < -0.3 is 14.6 Å². The van der Waals surface area contributed by atoms with E-state index in [2.05, 4.69) is 0 Å². The van der Waals surface area contributed by atoms with E-state index >= 15 is 0 Å². The number of carbonyl (C=O) groups is 2. The van der Waals surface area contributed by atoms with Crippen LogP contribution in [-0.4, -0.2) is 35.4 Å². The first kappa shape index (κ1) is 15.5. The minimum atomic E-state index is -1.000. The molecular formula is C17H24O5. The van der Waals surface area contributed by atoms with Gasteiger partial charge in [-0.2, -0.15) is 0 Å². The molecule has 2 fully saturated rings. The van der Waals surface area contributed by atoms with Crippen molar-refractivity contribution in [3.05, 3.63) is 12.2 Å². The van der Waals surface area contributed by atoms with Crippen molar-refractivity contribution < 1.29 is 24.2 Å². The molecule has 0 aliphatic heterocycles. The smallest absolute Gasteiger partial charge is 0.311 e. The van der Waals surface area contributed by atoms with Crippen LogP contribution in [0.3, 0.4) is 0 Å². The predicted octanol–water partition coefficient (Wildman–Crippen LogP) is 1.69. The van der Waals surface area contributed by atoms with Crippen LogP contribution in [0.4, 0.5) is 0 Å². The molecule has 0 radical (unpaired) electrons. The van der Waals surface area contributed by atoms with Gasteiger partial charge in [0, 0.05) is 11.8 Å². The van der Waals surface area contributed by atoms with E-state index in [1.165, 1.54) is 7.11 Å². The van der Waals surface area contributed by atoms with Gasteiger partial charge in [0.1, 0.15) is 5.60 Å². The molecule has 122 valence electrons. The van der Waals surface area contributed by atoms with E-state index < -0.39 is 35.0 Å². The average molecular weight is 308 g/mol. The van der Waals surface area contributed by atoms with E-state index in [1.54, 1.807) is 20.8 Å². The summed E-state index contributed by atoms with van der Waals surface area (Å²) < 4.78 is 10.4. The lowest BCUT2D eigenvalue weighted by Crippen LogP contribution is -2.40. The Labute approximate surface area is 130 Å². The maximum atomic E-state index is 12.6. The molecule has 2 saturated carbocycles. The van der Waals surface area contributed by atoms with Crippen molar-refractivity contribution in [3.8, 4) is 0 Å². The van der Waals surface area contributed by atoms with Crippen molar-refractivity contribution in [3.63, 3.8) is 0 Å². The fourth-order valence-electron chi connectivity index (χ4n) is 4.21. The van der Waals surface area contributed by atoms with Gasteiger partial charge in [-0.25, -0.2) is 0 Å². The second-order valence-electron chi connectivity index (χ2n) is 7.71. The van der Waals surface area contributed by atoms with Crippen LogP contribution >= 0.6 is 0 Å². The highest BCUT2D eigenvalue weighted by Crippen LogP contribution is 2.63.